The molecule has 0 radical (unpaired) electrons. The van der Waals surface area contributed by atoms with Crippen LogP contribution < -0.4 is 5.32 Å². The summed E-state index contributed by atoms with van der Waals surface area (Å²) in [5, 5.41) is 13.7. The van der Waals surface area contributed by atoms with Crippen LogP contribution in [0.15, 0.2) is 34.9 Å². The van der Waals surface area contributed by atoms with Crippen LogP contribution in [0.2, 0.25) is 5.02 Å². The van der Waals surface area contributed by atoms with Gasteiger partial charge in [0.15, 0.2) is 0 Å². The molecule has 2 aromatic rings. The van der Waals surface area contributed by atoms with Crippen molar-refractivity contribution in [3.63, 3.8) is 0 Å². The van der Waals surface area contributed by atoms with Crippen molar-refractivity contribution >= 4 is 28.9 Å². The van der Waals surface area contributed by atoms with Crippen LogP contribution in [0.5, 0.6) is 0 Å². The van der Waals surface area contributed by atoms with Crippen molar-refractivity contribution < 1.29 is 18.9 Å². The molecule has 1 heterocycles. The van der Waals surface area contributed by atoms with Crippen LogP contribution >= 0.6 is 11.6 Å². The summed E-state index contributed by atoms with van der Waals surface area (Å²) < 4.78 is 9.76. The highest BCUT2D eigenvalue weighted by molar-refractivity contribution is 6.32. The van der Waals surface area contributed by atoms with Gasteiger partial charge in [0, 0.05) is 11.8 Å². The first-order valence-corrected chi connectivity index (χ1v) is 6.22. The molecular weight excluding hydrogens is 300 g/mol. The fourth-order valence-corrected chi connectivity index (χ4v) is 1.90. The summed E-state index contributed by atoms with van der Waals surface area (Å²) in [6, 6.07) is 5.84. The molecule has 0 aliphatic heterocycles. The molecule has 0 spiro atoms. The van der Waals surface area contributed by atoms with Gasteiger partial charge in [0.1, 0.15) is 17.0 Å². The number of ether oxygens (including phenoxy) is 1. The Morgan fingerprint density at radius 2 is 2.24 bits per heavy atom. The van der Waals surface area contributed by atoms with Gasteiger partial charge in [-0.05, 0) is 18.2 Å². The van der Waals surface area contributed by atoms with Crippen LogP contribution in [0.25, 0.3) is 0 Å². The highest BCUT2D eigenvalue weighted by atomic mass is 35.5. The minimum absolute atomic E-state index is 0.0414. The van der Waals surface area contributed by atoms with Crippen molar-refractivity contribution in [2.45, 2.75) is 6.54 Å². The Bertz CT molecular complexity index is 683. The molecule has 0 saturated carbocycles. The van der Waals surface area contributed by atoms with E-state index >= 15 is 0 Å². The summed E-state index contributed by atoms with van der Waals surface area (Å²) in [6.07, 6.45) is 1.30. The third-order valence-corrected chi connectivity index (χ3v) is 2.99. The number of furan rings is 1. The number of nitrogens with zero attached hydrogens (tertiary/aromatic N) is 1. The van der Waals surface area contributed by atoms with Crippen LogP contribution in [0.1, 0.15) is 16.1 Å². The van der Waals surface area contributed by atoms with Gasteiger partial charge in [0.2, 0.25) is 0 Å². The Labute approximate surface area is 124 Å². The number of halogens is 1. The van der Waals surface area contributed by atoms with Gasteiger partial charge in [-0.15, -0.1) is 0 Å². The summed E-state index contributed by atoms with van der Waals surface area (Å²) in [5.74, 6) is 0.0354. The van der Waals surface area contributed by atoms with Gasteiger partial charge in [-0.25, -0.2) is 4.79 Å². The molecule has 110 valence electrons. The van der Waals surface area contributed by atoms with E-state index in [1.807, 2.05) is 0 Å². The molecular formula is C13H11ClN2O5. The van der Waals surface area contributed by atoms with Crippen molar-refractivity contribution in [3.8, 4) is 0 Å². The van der Waals surface area contributed by atoms with Gasteiger partial charge >= 0.3 is 5.97 Å². The Morgan fingerprint density at radius 3 is 2.86 bits per heavy atom. The number of hydrogen-bond donors (Lipinski definition) is 1. The van der Waals surface area contributed by atoms with Crippen molar-refractivity contribution in [1.29, 1.82) is 0 Å². The quantitative estimate of drug-likeness (QED) is 0.517. The maximum absolute atomic E-state index is 11.3. The predicted molar refractivity (Wildman–Crippen MR) is 75.5 cm³/mol. The van der Waals surface area contributed by atoms with Gasteiger partial charge < -0.3 is 14.5 Å². The van der Waals surface area contributed by atoms with Crippen molar-refractivity contribution in [1.82, 2.24) is 0 Å². The lowest BCUT2D eigenvalue weighted by molar-refractivity contribution is -0.384. The number of hydrogen-bond acceptors (Lipinski definition) is 6. The Hall–Kier alpha value is -2.54. The molecule has 1 aromatic heterocycles. The first-order valence-electron chi connectivity index (χ1n) is 5.85. The van der Waals surface area contributed by atoms with E-state index < -0.39 is 10.9 Å². The molecule has 0 amide bonds. The fraction of sp³-hybridized carbons (Fsp3) is 0.154. The molecule has 0 unspecified atom stereocenters. The Morgan fingerprint density at radius 1 is 1.48 bits per heavy atom. The van der Waals surface area contributed by atoms with E-state index in [4.69, 9.17) is 16.0 Å². The lowest BCUT2D eigenvalue weighted by atomic mass is 10.2. The molecule has 0 atom stereocenters. The van der Waals surface area contributed by atoms with E-state index in [9.17, 15) is 14.9 Å². The summed E-state index contributed by atoms with van der Waals surface area (Å²) in [7, 11) is 1.28. The number of methoxy groups -OCH3 is 1. The van der Waals surface area contributed by atoms with E-state index in [0.29, 0.717) is 23.6 Å². The average Bonchev–Trinajstić information content (AvgIpc) is 2.92. The zero-order valence-corrected chi connectivity index (χ0v) is 11.7. The fourth-order valence-electron chi connectivity index (χ4n) is 1.65. The zero-order chi connectivity index (χ0) is 15.4. The SMILES string of the molecule is COC(=O)c1coc(CNc2ccc([N+](=O)[O-])c(Cl)c2)c1. The van der Waals surface area contributed by atoms with E-state index in [2.05, 4.69) is 10.1 Å². The number of nitro groups is 1. The molecule has 0 aliphatic carbocycles. The number of carbonyl (C=O) groups excluding carboxylic acids is 1. The number of rotatable bonds is 5. The number of nitro benzene ring substituents is 1. The van der Waals surface area contributed by atoms with Gasteiger partial charge in [-0.2, -0.15) is 0 Å². The normalized spacial score (nSPS) is 10.2. The molecule has 8 heteroatoms. The van der Waals surface area contributed by atoms with E-state index in [1.165, 1.54) is 31.6 Å². The molecule has 0 aliphatic rings. The summed E-state index contributed by atoms with van der Waals surface area (Å²) in [5.41, 5.74) is 0.755. The monoisotopic (exact) mass is 310 g/mol. The number of anilines is 1. The van der Waals surface area contributed by atoms with E-state index in [-0.39, 0.29) is 10.7 Å². The van der Waals surface area contributed by atoms with Crippen molar-refractivity contribution in [2.75, 3.05) is 12.4 Å². The minimum Gasteiger partial charge on any atom is -0.467 e. The highest BCUT2D eigenvalue weighted by Gasteiger charge is 2.13. The number of benzene rings is 1. The Kier molecular flexibility index (Phi) is 4.44. The summed E-state index contributed by atoms with van der Waals surface area (Å²) >= 11 is 5.80. The molecule has 2 rings (SSSR count). The maximum atomic E-state index is 11.3. The molecule has 21 heavy (non-hydrogen) atoms. The summed E-state index contributed by atoms with van der Waals surface area (Å²) in [6.45, 7) is 0.297. The first kappa shape index (κ1) is 14.9. The first-order chi connectivity index (χ1) is 10.0. The number of nitrogens with one attached hydrogen (secondary N) is 1. The minimum atomic E-state index is -0.554. The van der Waals surface area contributed by atoms with Gasteiger partial charge in [-0.1, -0.05) is 11.6 Å². The van der Waals surface area contributed by atoms with Crippen LogP contribution in [0.3, 0.4) is 0 Å². The number of carbonyl (C=O) groups is 1. The van der Waals surface area contributed by atoms with Gasteiger partial charge in [0.25, 0.3) is 5.69 Å². The van der Waals surface area contributed by atoms with Gasteiger partial charge in [0.05, 0.1) is 24.1 Å². The second-order valence-electron chi connectivity index (χ2n) is 4.07. The smallest absolute Gasteiger partial charge is 0.341 e. The van der Waals surface area contributed by atoms with Gasteiger partial charge in [-0.3, -0.25) is 10.1 Å². The lowest BCUT2D eigenvalue weighted by Crippen LogP contribution is -2.00. The topological polar surface area (TPSA) is 94.6 Å². The average molecular weight is 311 g/mol. The van der Waals surface area contributed by atoms with Crippen LogP contribution in [-0.4, -0.2) is 18.0 Å². The third-order valence-electron chi connectivity index (χ3n) is 2.69. The van der Waals surface area contributed by atoms with E-state index in [0.717, 1.165) is 0 Å². The maximum Gasteiger partial charge on any atom is 0.341 e. The molecule has 0 bridgehead atoms. The van der Waals surface area contributed by atoms with Crippen LogP contribution in [0, 0.1) is 10.1 Å². The third kappa shape index (κ3) is 3.51. The van der Waals surface area contributed by atoms with Crippen LogP contribution in [-0.2, 0) is 11.3 Å². The van der Waals surface area contributed by atoms with Crippen molar-refractivity contribution in [2.24, 2.45) is 0 Å². The second kappa shape index (κ2) is 6.27. The second-order valence-corrected chi connectivity index (χ2v) is 4.48. The number of esters is 1. The molecule has 0 fully saturated rings. The van der Waals surface area contributed by atoms with Crippen LogP contribution in [0.4, 0.5) is 11.4 Å². The largest absolute Gasteiger partial charge is 0.467 e. The lowest BCUT2D eigenvalue weighted by Gasteiger charge is -2.04. The standard InChI is InChI=1S/C13H11ClN2O5/c1-20-13(17)8-4-10(21-7-8)6-15-9-2-3-12(16(18)19)11(14)5-9/h2-5,7,15H,6H2,1H3. The molecule has 7 nitrogen and oxygen atoms in total. The zero-order valence-electron chi connectivity index (χ0n) is 11.0. The highest BCUT2D eigenvalue weighted by Crippen LogP contribution is 2.27. The Balaban J connectivity index is 2.03. The van der Waals surface area contributed by atoms with Crippen molar-refractivity contribution in [3.05, 3.63) is 57.0 Å². The molecule has 1 N–H and O–H groups in total. The molecule has 1 aromatic carbocycles. The predicted octanol–water partition coefficient (Wildman–Crippen LogP) is 3.24. The summed E-state index contributed by atoms with van der Waals surface area (Å²) in [4.78, 5) is 21.4. The molecule has 0 saturated heterocycles. The van der Waals surface area contributed by atoms with E-state index in [1.54, 1.807) is 6.07 Å².